The molecule has 0 saturated heterocycles. The minimum absolute atomic E-state index is 0.861. The van der Waals surface area contributed by atoms with Gasteiger partial charge in [-0.25, -0.2) is 0 Å². The highest BCUT2D eigenvalue weighted by Gasteiger charge is 2.25. The third kappa shape index (κ3) is 5.87. The first-order valence-corrected chi connectivity index (χ1v) is 22.1. The van der Waals surface area contributed by atoms with E-state index in [1.807, 2.05) is 0 Å². The van der Waals surface area contributed by atoms with Gasteiger partial charge in [-0.15, -0.1) is 0 Å². The number of para-hydroxylation sites is 6. The molecule has 0 aliphatic carbocycles. The Morgan fingerprint density at radius 2 is 0.569 bits per heavy atom. The fourth-order valence-electron chi connectivity index (χ4n) is 10.0. The van der Waals surface area contributed by atoms with E-state index in [1.165, 1.54) is 0 Å². The van der Waals surface area contributed by atoms with E-state index in [1.54, 1.807) is 0 Å². The van der Waals surface area contributed by atoms with Gasteiger partial charge >= 0.3 is 0 Å². The number of benzene rings is 10. The summed E-state index contributed by atoms with van der Waals surface area (Å²) in [5, 5.41) is 6.72. The molecule has 0 radical (unpaired) electrons. The molecule has 0 spiro atoms. The van der Waals surface area contributed by atoms with Gasteiger partial charge in [0.2, 0.25) is 0 Å². The van der Waals surface area contributed by atoms with E-state index in [2.05, 4.69) is 262 Å². The van der Waals surface area contributed by atoms with Crippen molar-refractivity contribution in [2.45, 2.75) is 0 Å². The largest absolute Gasteiger partial charge is 0.452 e. The lowest BCUT2D eigenvalue weighted by atomic mass is 10.1. The molecular formula is C60H40N4O. The fourth-order valence-corrected chi connectivity index (χ4v) is 10.0. The maximum atomic E-state index is 7.43. The van der Waals surface area contributed by atoms with Crippen LogP contribution in [0, 0.1) is 0 Å². The van der Waals surface area contributed by atoms with Crippen LogP contribution in [0.2, 0.25) is 0 Å². The van der Waals surface area contributed by atoms with Crippen LogP contribution in [0.1, 0.15) is 0 Å². The molecule has 0 amide bonds. The van der Waals surface area contributed by atoms with Crippen molar-refractivity contribution in [3.63, 3.8) is 0 Å². The predicted octanol–water partition coefficient (Wildman–Crippen LogP) is 16.7. The maximum Gasteiger partial charge on any atom is 0.160 e. The number of hydrogen-bond donors (Lipinski definition) is 0. The van der Waals surface area contributed by atoms with Crippen LogP contribution >= 0.6 is 0 Å². The zero-order valence-corrected chi connectivity index (χ0v) is 35.3. The van der Waals surface area contributed by atoms with Gasteiger partial charge in [0, 0.05) is 77.8 Å². The molecule has 0 aliphatic heterocycles. The zero-order valence-electron chi connectivity index (χ0n) is 35.3. The lowest BCUT2D eigenvalue weighted by Gasteiger charge is -2.25. The van der Waals surface area contributed by atoms with Crippen LogP contribution in [0.5, 0.6) is 0 Å². The summed E-state index contributed by atoms with van der Waals surface area (Å²) in [6.45, 7) is 0. The molecule has 5 nitrogen and oxygen atoms in total. The molecule has 0 N–H and O–H groups in total. The van der Waals surface area contributed by atoms with Gasteiger partial charge in [-0.3, -0.25) is 0 Å². The minimum atomic E-state index is 0.861. The number of nitrogens with zero attached hydrogens (tertiary/aromatic N) is 4. The van der Waals surface area contributed by atoms with Crippen molar-refractivity contribution >= 4 is 99.7 Å². The molecule has 3 heterocycles. The fraction of sp³-hybridized carbons (Fsp3) is 0. The Morgan fingerprint density at radius 1 is 0.262 bits per heavy atom. The molecule has 0 unspecified atom stereocenters. The highest BCUT2D eigenvalue weighted by molar-refractivity contribution is 6.26. The second-order valence-corrected chi connectivity index (χ2v) is 16.5. The normalized spacial score (nSPS) is 11.7. The van der Waals surface area contributed by atoms with Crippen molar-refractivity contribution < 1.29 is 4.42 Å². The summed E-state index contributed by atoms with van der Waals surface area (Å²) >= 11 is 0. The number of rotatable bonds is 8. The Kier molecular flexibility index (Phi) is 8.46. The number of hydrogen-bond acceptors (Lipinski definition) is 3. The first kappa shape index (κ1) is 36.8. The van der Waals surface area contributed by atoms with Crippen LogP contribution in [0.4, 0.5) is 34.1 Å². The van der Waals surface area contributed by atoms with Crippen LogP contribution in [-0.4, -0.2) is 9.13 Å². The summed E-state index contributed by atoms with van der Waals surface area (Å²) in [5.74, 6) is 0. The van der Waals surface area contributed by atoms with Gasteiger partial charge in [0.15, 0.2) is 11.2 Å². The van der Waals surface area contributed by atoms with Gasteiger partial charge in [0.05, 0.1) is 22.1 Å². The first-order chi connectivity index (χ1) is 32.3. The van der Waals surface area contributed by atoms with E-state index in [0.717, 1.165) is 111 Å². The average molecular weight is 833 g/mol. The highest BCUT2D eigenvalue weighted by atomic mass is 16.3. The Bertz CT molecular complexity index is 3530. The lowest BCUT2D eigenvalue weighted by Crippen LogP contribution is -2.09. The van der Waals surface area contributed by atoms with Crippen LogP contribution in [0.3, 0.4) is 0 Å². The standard InChI is InChI=1S/C60H40N4O/c1-7-19-41(20-8-1)61(42-21-9-2-10-22-42)47-31-37-55-53(39-47)49-33-35-51-52-36-34-50-54-40-48(62(43-23-11-3-12-24-43)44-25-13-4-14-26-44)32-38-56(54)64(46-29-17-6-18-30-46)58(50)60(52)65-59(51)57(49)63(55)45-27-15-5-16-28-45/h1-40H. The summed E-state index contributed by atoms with van der Waals surface area (Å²) in [7, 11) is 0. The molecule has 0 fully saturated rings. The minimum Gasteiger partial charge on any atom is -0.452 e. The van der Waals surface area contributed by atoms with E-state index in [9.17, 15) is 0 Å². The summed E-state index contributed by atoms with van der Waals surface area (Å²) < 4.78 is 12.2. The molecule has 0 bridgehead atoms. The van der Waals surface area contributed by atoms with Gasteiger partial charge < -0.3 is 23.4 Å². The summed E-state index contributed by atoms with van der Waals surface area (Å²) in [6, 6.07) is 86.5. The first-order valence-electron chi connectivity index (χ1n) is 22.1. The van der Waals surface area contributed by atoms with Crippen molar-refractivity contribution in [3.8, 4) is 11.4 Å². The Hall–Kier alpha value is -8.80. The average Bonchev–Trinajstić information content (AvgIpc) is 4.04. The molecule has 10 aromatic carbocycles. The van der Waals surface area contributed by atoms with Gasteiger partial charge in [0.1, 0.15) is 0 Å². The molecule has 0 saturated carbocycles. The Balaban J connectivity index is 1.09. The molecular weight excluding hydrogens is 793 g/mol. The van der Waals surface area contributed by atoms with Gasteiger partial charge in [0.25, 0.3) is 0 Å². The molecule has 0 aliphatic rings. The molecule has 65 heavy (non-hydrogen) atoms. The smallest absolute Gasteiger partial charge is 0.160 e. The molecule has 13 rings (SSSR count). The van der Waals surface area contributed by atoms with Crippen LogP contribution in [0.15, 0.2) is 247 Å². The molecule has 13 aromatic rings. The maximum absolute atomic E-state index is 7.43. The molecule has 306 valence electrons. The number of anilines is 6. The van der Waals surface area contributed by atoms with Gasteiger partial charge in [-0.05, 0) is 121 Å². The van der Waals surface area contributed by atoms with Gasteiger partial charge in [-0.1, -0.05) is 121 Å². The van der Waals surface area contributed by atoms with E-state index in [-0.39, 0.29) is 0 Å². The summed E-state index contributed by atoms with van der Waals surface area (Å²) in [5.41, 5.74) is 14.7. The van der Waals surface area contributed by atoms with E-state index in [0.29, 0.717) is 0 Å². The number of fused-ring (bicyclic) bond motifs is 11. The molecule has 3 aromatic heterocycles. The molecule has 5 heteroatoms. The van der Waals surface area contributed by atoms with E-state index >= 15 is 0 Å². The number of furan rings is 1. The topological polar surface area (TPSA) is 29.5 Å². The Labute approximate surface area is 375 Å². The lowest BCUT2D eigenvalue weighted by molar-refractivity contribution is 0.673. The van der Waals surface area contributed by atoms with E-state index < -0.39 is 0 Å². The third-order valence-corrected chi connectivity index (χ3v) is 12.8. The molecule has 0 atom stereocenters. The van der Waals surface area contributed by atoms with Crippen molar-refractivity contribution in [2.75, 3.05) is 9.80 Å². The van der Waals surface area contributed by atoms with Crippen LogP contribution < -0.4 is 9.80 Å². The SMILES string of the molecule is c1ccc(N(c2ccccc2)c2ccc3c(c2)c2ccc4c5ccc6c7cc(N(c8ccccc8)c8ccccc8)ccc7n(-c7ccccc7)c6c5oc4c2n3-c2ccccc2)cc1. The van der Waals surface area contributed by atoms with Crippen molar-refractivity contribution in [1.82, 2.24) is 9.13 Å². The highest BCUT2D eigenvalue weighted by Crippen LogP contribution is 2.47. The second-order valence-electron chi connectivity index (χ2n) is 16.5. The quantitative estimate of drug-likeness (QED) is 0.153. The van der Waals surface area contributed by atoms with Crippen molar-refractivity contribution in [1.29, 1.82) is 0 Å². The van der Waals surface area contributed by atoms with E-state index in [4.69, 9.17) is 4.42 Å². The monoisotopic (exact) mass is 832 g/mol. The van der Waals surface area contributed by atoms with Gasteiger partial charge in [-0.2, -0.15) is 0 Å². The third-order valence-electron chi connectivity index (χ3n) is 12.8. The summed E-state index contributed by atoms with van der Waals surface area (Å²) in [6.07, 6.45) is 0. The van der Waals surface area contributed by atoms with Crippen LogP contribution in [0.25, 0.3) is 76.9 Å². The second kappa shape index (κ2) is 14.9. The predicted molar refractivity (Wildman–Crippen MR) is 272 cm³/mol. The Morgan fingerprint density at radius 3 is 0.908 bits per heavy atom. The number of aromatic nitrogens is 2. The summed E-state index contributed by atoms with van der Waals surface area (Å²) in [4.78, 5) is 4.66. The zero-order chi connectivity index (χ0) is 42.8. The van der Waals surface area contributed by atoms with Crippen LogP contribution in [-0.2, 0) is 0 Å². The van der Waals surface area contributed by atoms with Crippen molar-refractivity contribution in [2.24, 2.45) is 0 Å². The van der Waals surface area contributed by atoms with Crippen molar-refractivity contribution in [3.05, 3.63) is 243 Å².